The van der Waals surface area contributed by atoms with E-state index in [1.807, 2.05) is 19.1 Å². The van der Waals surface area contributed by atoms with E-state index in [9.17, 15) is 9.18 Å². The number of nitrogens with one attached hydrogen (secondary N) is 1. The lowest BCUT2D eigenvalue weighted by Gasteiger charge is -2.01. The molecule has 0 atom stereocenters. The molecule has 0 aromatic heterocycles. The van der Waals surface area contributed by atoms with Crippen molar-refractivity contribution in [2.45, 2.75) is 6.92 Å². The van der Waals surface area contributed by atoms with Crippen LogP contribution in [0.15, 0.2) is 60.8 Å². The van der Waals surface area contributed by atoms with Gasteiger partial charge in [-0.25, -0.2) is 4.39 Å². The van der Waals surface area contributed by atoms with E-state index in [1.54, 1.807) is 30.3 Å². The summed E-state index contributed by atoms with van der Waals surface area (Å²) in [5.41, 5.74) is 2.05. The highest BCUT2D eigenvalue weighted by Gasteiger charge is 2.01. The number of rotatable bonds is 4. The van der Waals surface area contributed by atoms with Gasteiger partial charge in [0.1, 0.15) is 5.82 Å². The van der Waals surface area contributed by atoms with Crippen molar-refractivity contribution in [3.63, 3.8) is 0 Å². The molecule has 0 fully saturated rings. The summed E-state index contributed by atoms with van der Waals surface area (Å²) in [6, 6.07) is 13.6. The fraction of sp³-hybridized carbons (Fsp3) is 0.0625. The van der Waals surface area contributed by atoms with Crippen LogP contribution in [-0.4, -0.2) is 5.78 Å². The monoisotopic (exact) mass is 255 g/mol. The molecule has 2 rings (SSSR count). The fourth-order valence-electron chi connectivity index (χ4n) is 1.60. The van der Waals surface area contributed by atoms with Gasteiger partial charge in [-0.3, -0.25) is 4.79 Å². The first-order chi connectivity index (χ1) is 9.16. The minimum Gasteiger partial charge on any atom is -0.359 e. The van der Waals surface area contributed by atoms with Gasteiger partial charge in [0.2, 0.25) is 0 Å². The van der Waals surface area contributed by atoms with E-state index < -0.39 is 0 Å². The Morgan fingerprint density at radius 1 is 1.11 bits per heavy atom. The summed E-state index contributed by atoms with van der Waals surface area (Å²) in [7, 11) is 0. The number of aryl methyl sites for hydroxylation is 1. The molecule has 96 valence electrons. The Bertz CT molecular complexity index is 602. The van der Waals surface area contributed by atoms with Gasteiger partial charge < -0.3 is 5.32 Å². The highest BCUT2D eigenvalue weighted by molar-refractivity contribution is 6.04. The Balaban J connectivity index is 2.01. The first-order valence-electron chi connectivity index (χ1n) is 5.95. The summed E-state index contributed by atoms with van der Waals surface area (Å²) in [5.74, 6) is -0.473. The van der Waals surface area contributed by atoms with E-state index in [0.717, 1.165) is 5.56 Å². The molecule has 0 aliphatic carbocycles. The molecule has 0 unspecified atom stereocenters. The standard InChI is InChI=1S/C16H14FNO/c1-12-6-8-13(9-7-12)16(19)10-11-18-15-5-3-2-4-14(15)17/h2-11,18H,1H3/b11-10+. The predicted octanol–water partition coefficient (Wildman–Crippen LogP) is 3.94. The molecule has 19 heavy (non-hydrogen) atoms. The number of hydrogen-bond donors (Lipinski definition) is 1. The minimum absolute atomic E-state index is 0.121. The zero-order valence-electron chi connectivity index (χ0n) is 10.6. The van der Waals surface area contributed by atoms with Crippen molar-refractivity contribution in [3.8, 4) is 0 Å². The molecular formula is C16H14FNO. The van der Waals surface area contributed by atoms with Gasteiger partial charge in [0.05, 0.1) is 5.69 Å². The van der Waals surface area contributed by atoms with Gasteiger partial charge in [-0.1, -0.05) is 42.0 Å². The Hall–Kier alpha value is -2.42. The van der Waals surface area contributed by atoms with Crippen LogP contribution >= 0.6 is 0 Å². The van der Waals surface area contributed by atoms with Gasteiger partial charge in [0, 0.05) is 17.8 Å². The van der Waals surface area contributed by atoms with Crippen molar-refractivity contribution in [2.24, 2.45) is 0 Å². The zero-order valence-corrected chi connectivity index (χ0v) is 10.6. The van der Waals surface area contributed by atoms with Crippen LogP contribution in [0.25, 0.3) is 0 Å². The molecule has 0 amide bonds. The maximum absolute atomic E-state index is 13.3. The van der Waals surface area contributed by atoms with Crippen molar-refractivity contribution in [1.29, 1.82) is 0 Å². The number of carbonyl (C=O) groups is 1. The lowest BCUT2D eigenvalue weighted by molar-refractivity contribution is 0.104. The van der Waals surface area contributed by atoms with Crippen LogP contribution in [0, 0.1) is 12.7 Å². The van der Waals surface area contributed by atoms with Crippen molar-refractivity contribution < 1.29 is 9.18 Å². The molecular weight excluding hydrogens is 241 g/mol. The van der Waals surface area contributed by atoms with Crippen LogP contribution in [0.3, 0.4) is 0 Å². The molecule has 0 bridgehead atoms. The maximum Gasteiger partial charge on any atom is 0.187 e. The first kappa shape index (κ1) is 13.0. The average molecular weight is 255 g/mol. The van der Waals surface area contributed by atoms with Gasteiger partial charge in [0.25, 0.3) is 0 Å². The third-order valence-corrected chi connectivity index (χ3v) is 2.68. The van der Waals surface area contributed by atoms with Crippen LogP contribution in [0.4, 0.5) is 10.1 Å². The molecule has 2 aromatic rings. The second-order valence-electron chi connectivity index (χ2n) is 4.19. The van der Waals surface area contributed by atoms with Crippen molar-refractivity contribution in [3.05, 3.63) is 77.8 Å². The number of allylic oxidation sites excluding steroid dienone is 1. The van der Waals surface area contributed by atoms with E-state index in [1.165, 1.54) is 18.3 Å². The summed E-state index contributed by atoms with van der Waals surface area (Å²) >= 11 is 0. The quantitative estimate of drug-likeness (QED) is 0.662. The van der Waals surface area contributed by atoms with Crippen molar-refractivity contribution in [1.82, 2.24) is 0 Å². The lowest BCUT2D eigenvalue weighted by Crippen LogP contribution is -1.97. The van der Waals surface area contributed by atoms with E-state index in [0.29, 0.717) is 11.3 Å². The topological polar surface area (TPSA) is 29.1 Å². The highest BCUT2D eigenvalue weighted by atomic mass is 19.1. The van der Waals surface area contributed by atoms with Crippen molar-refractivity contribution >= 4 is 11.5 Å². The summed E-state index contributed by atoms with van der Waals surface area (Å²) in [4.78, 5) is 11.8. The number of benzene rings is 2. The molecule has 0 aliphatic heterocycles. The van der Waals surface area contributed by atoms with Gasteiger partial charge in [-0.2, -0.15) is 0 Å². The Kier molecular flexibility index (Phi) is 4.08. The van der Waals surface area contributed by atoms with Crippen molar-refractivity contribution in [2.75, 3.05) is 5.32 Å². The molecule has 0 aliphatic rings. The Labute approximate surface area is 111 Å². The first-order valence-corrected chi connectivity index (χ1v) is 5.95. The molecule has 2 aromatic carbocycles. The van der Waals surface area contributed by atoms with Crippen LogP contribution in [0.5, 0.6) is 0 Å². The number of hydrogen-bond acceptors (Lipinski definition) is 2. The third-order valence-electron chi connectivity index (χ3n) is 2.68. The molecule has 0 spiro atoms. The second-order valence-corrected chi connectivity index (χ2v) is 4.19. The van der Waals surface area contributed by atoms with E-state index in [-0.39, 0.29) is 11.6 Å². The van der Waals surface area contributed by atoms with Crippen LogP contribution in [0.2, 0.25) is 0 Å². The predicted molar refractivity (Wildman–Crippen MR) is 74.7 cm³/mol. The number of carbonyl (C=O) groups excluding carboxylic acids is 1. The zero-order chi connectivity index (χ0) is 13.7. The van der Waals surface area contributed by atoms with Crippen LogP contribution in [0.1, 0.15) is 15.9 Å². The van der Waals surface area contributed by atoms with Gasteiger partial charge in [-0.05, 0) is 19.1 Å². The minimum atomic E-state index is -0.352. The van der Waals surface area contributed by atoms with E-state index in [4.69, 9.17) is 0 Å². The molecule has 3 heteroatoms. The molecule has 1 N–H and O–H groups in total. The summed E-state index contributed by atoms with van der Waals surface area (Å²) < 4.78 is 13.3. The smallest absolute Gasteiger partial charge is 0.187 e. The Morgan fingerprint density at radius 2 is 1.79 bits per heavy atom. The summed E-state index contributed by atoms with van der Waals surface area (Å²) in [6.45, 7) is 1.96. The van der Waals surface area contributed by atoms with Crippen LogP contribution in [-0.2, 0) is 0 Å². The highest BCUT2D eigenvalue weighted by Crippen LogP contribution is 2.12. The Morgan fingerprint density at radius 3 is 2.47 bits per heavy atom. The number of ketones is 1. The average Bonchev–Trinajstić information content (AvgIpc) is 2.41. The third kappa shape index (κ3) is 3.52. The maximum atomic E-state index is 13.3. The van der Waals surface area contributed by atoms with Gasteiger partial charge >= 0.3 is 0 Å². The molecule has 0 saturated carbocycles. The molecule has 0 saturated heterocycles. The number of para-hydroxylation sites is 1. The number of halogens is 1. The normalized spacial score (nSPS) is 10.6. The second kappa shape index (κ2) is 5.96. The number of anilines is 1. The molecule has 2 nitrogen and oxygen atoms in total. The van der Waals surface area contributed by atoms with E-state index >= 15 is 0 Å². The summed E-state index contributed by atoms with van der Waals surface area (Å²) in [5, 5.41) is 2.75. The van der Waals surface area contributed by atoms with Gasteiger partial charge in [-0.15, -0.1) is 0 Å². The lowest BCUT2D eigenvalue weighted by atomic mass is 10.1. The van der Waals surface area contributed by atoms with Crippen LogP contribution < -0.4 is 5.32 Å². The molecule has 0 heterocycles. The van der Waals surface area contributed by atoms with E-state index in [2.05, 4.69) is 5.32 Å². The molecule has 0 radical (unpaired) electrons. The summed E-state index contributed by atoms with van der Waals surface area (Å²) in [6.07, 6.45) is 2.83. The van der Waals surface area contributed by atoms with Gasteiger partial charge in [0.15, 0.2) is 5.78 Å². The SMILES string of the molecule is Cc1ccc(C(=O)/C=C/Nc2ccccc2F)cc1. The fourth-order valence-corrected chi connectivity index (χ4v) is 1.60. The largest absolute Gasteiger partial charge is 0.359 e.